The molecular weight excluding hydrogens is 264 g/mol. The van der Waals surface area contributed by atoms with Crippen molar-refractivity contribution in [1.29, 1.82) is 0 Å². The van der Waals surface area contributed by atoms with Crippen molar-refractivity contribution in [3.8, 4) is 0 Å². The molecule has 0 radical (unpaired) electrons. The molecule has 0 aliphatic carbocycles. The van der Waals surface area contributed by atoms with E-state index < -0.39 is 29.4 Å². The molecule has 0 rings (SSSR count). The van der Waals surface area contributed by atoms with Gasteiger partial charge in [-0.3, -0.25) is 9.59 Å². The molecule has 0 aromatic rings. The van der Waals surface area contributed by atoms with Gasteiger partial charge in [-0.05, 0) is 19.8 Å². The molecule has 0 heterocycles. The number of carboxylic acid groups (broad SMARTS) is 1. The first-order chi connectivity index (χ1) is 9.18. The zero-order valence-corrected chi connectivity index (χ0v) is 12.0. The molecule has 20 heavy (non-hydrogen) atoms. The van der Waals surface area contributed by atoms with Gasteiger partial charge in [0.15, 0.2) is 0 Å². The molecule has 0 bridgehead atoms. The van der Waals surface area contributed by atoms with Gasteiger partial charge in [0.05, 0.1) is 12.0 Å². The maximum atomic E-state index is 11.7. The van der Waals surface area contributed by atoms with Crippen LogP contribution in [-0.2, 0) is 14.4 Å². The van der Waals surface area contributed by atoms with Crippen molar-refractivity contribution in [2.24, 2.45) is 5.73 Å². The van der Waals surface area contributed by atoms with Gasteiger partial charge in [0, 0.05) is 6.42 Å². The van der Waals surface area contributed by atoms with Gasteiger partial charge < -0.3 is 21.3 Å². The normalized spacial score (nSPS) is 15.2. The van der Waals surface area contributed by atoms with Crippen molar-refractivity contribution >= 4 is 17.8 Å². The van der Waals surface area contributed by atoms with Crippen LogP contribution in [0.1, 0.15) is 52.4 Å². The smallest absolute Gasteiger partial charge is 0.326 e. The van der Waals surface area contributed by atoms with E-state index in [9.17, 15) is 19.5 Å². The van der Waals surface area contributed by atoms with E-state index in [0.29, 0.717) is 6.42 Å². The number of primary amides is 1. The van der Waals surface area contributed by atoms with Crippen LogP contribution < -0.4 is 11.1 Å². The molecule has 0 aromatic heterocycles. The topological polar surface area (TPSA) is 130 Å². The minimum absolute atomic E-state index is 0.0620. The largest absolute Gasteiger partial charge is 0.480 e. The summed E-state index contributed by atoms with van der Waals surface area (Å²) in [6.07, 6.45) is 1.79. The number of carbonyl (C=O) groups is 3. The average molecular weight is 288 g/mol. The van der Waals surface area contributed by atoms with Crippen molar-refractivity contribution in [2.45, 2.75) is 64.0 Å². The molecule has 0 fully saturated rings. The second-order valence-electron chi connectivity index (χ2n) is 5.24. The number of hydrogen-bond acceptors (Lipinski definition) is 4. The molecule has 116 valence electrons. The number of nitrogens with two attached hydrogens (primary N) is 1. The quantitative estimate of drug-likeness (QED) is 0.454. The number of hydrogen-bond donors (Lipinski definition) is 4. The molecular formula is C13H24N2O5. The van der Waals surface area contributed by atoms with Gasteiger partial charge >= 0.3 is 5.97 Å². The molecule has 0 aliphatic heterocycles. The molecule has 2 amide bonds. The Balaban J connectivity index is 4.38. The number of amides is 2. The van der Waals surface area contributed by atoms with Crippen molar-refractivity contribution in [2.75, 3.05) is 0 Å². The van der Waals surface area contributed by atoms with E-state index in [0.717, 1.165) is 12.8 Å². The minimum atomic E-state index is -1.23. The summed E-state index contributed by atoms with van der Waals surface area (Å²) in [5.41, 5.74) is 3.78. The van der Waals surface area contributed by atoms with E-state index in [2.05, 4.69) is 5.32 Å². The van der Waals surface area contributed by atoms with Crippen LogP contribution in [0.25, 0.3) is 0 Å². The molecule has 0 aliphatic rings. The molecule has 0 saturated carbocycles. The van der Waals surface area contributed by atoms with Gasteiger partial charge in [-0.2, -0.15) is 0 Å². The summed E-state index contributed by atoms with van der Waals surface area (Å²) in [5, 5.41) is 21.2. The fraction of sp³-hybridized carbons (Fsp3) is 0.769. The van der Waals surface area contributed by atoms with Gasteiger partial charge in [-0.15, -0.1) is 0 Å². The highest BCUT2D eigenvalue weighted by Gasteiger charge is 2.27. The van der Waals surface area contributed by atoms with Gasteiger partial charge in [0.2, 0.25) is 11.8 Å². The van der Waals surface area contributed by atoms with E-state index in [1.165, 1.54) is 0 Å². The van der Waals surface area contributed by atoms with E-state index in [4.69, 9.17) is 10.8 Å². The number of rotatable bonds is 10. The van der Waals surface area contributed by atoms with Crippen molar-refractivity contribution < 1.29 is 24.6 Å². The van der Waals surface area contributed by atoms with Gasteiger partial charge in [0.25, 0.3) is 0 Å². The number of carboxylic acids is 1. The molecule has 5 N–H and O–H groups in total. The predicted octanol–water partition coefficient (Wildman–Crippen LogP) is 0.153. The summed E-state index contributed by atoms with van der Waals surface area (Å²) < 4.78 is 0. The van der Waals surface area contributed by atoms with E-state index >= 15 is 0 Å². The molecule has 2 atom stereocenters. The predicted molar refractivity (Wildman–Crippen MR) is 72.8 cm³/mol. The van der Waals surface area contributed by atoms with Crippen molar-refractivity contribution in [3.63, 3.8) is 0 Å². The molecule has 0 spiro atoms. The SMILES string of the molecule is CCCCC(C)(O)CC(=O)NC(CCC(N)=O)C(=O)O. The molecule has 0 aromatic carbocycles. The first-order valence-electron chi connectivity index (χ1n) is 6.71. The van der Waals surface area contributed by atoms with Crippen LogP contribution in [0.5, 0.6) is 0 Å². The number of aliphatic carboxylic acids is 1. The Morgan fingerprint density at radius 1 is 1.35 bits per heavy atom. The zero-order valence-electron chi connectivity index (χ0n) is 12.0. The van der Waals surface area contributed by atoms with E-state index in [1.54, 1.807) is 6.92 Å². The molecule has 7 heteroatoms. The lowest BCUT2D eigenvalue weighted by atomic mass is 9.95. The van der Waals surface area contributed by atoms with E-state index in [1.807, 2.05) is 6.92 Å². The van der Waals surface area contributed by atoms with Crippen LogP contribution in [0.4, 0.5) is 0 Å². The Bertz CT molecular complexity index is 355. The lowest BCUT2D eigenvalue weighted by Crippen LogP contribution is -2.44. The van der Waals surface area contributed by atoms with Crippen LogP contribution in [-0.4, -0.2) is 39.6 Å². The van der Waals surface area contributed by atoms with Gasteiger partial charge in [-0.1, -0.05) is 19.8 Å². The van der Waals surface area contributed by atoms with Crippen LogP contribution in [0.2, 0.25) is 0 Å². The van der Waals surface area contributed by atoms with Gasteiger partial charge in [-0.25, -0.2) is 4.79 Å². The fourth-order valence-electron chi connectivity index (χ4n) is 1.78. The van der Waals surface area contributed by atoms with E-state index in [-0.39, 0.29) is 19.3 Å². The highest BCUT2D eigenvalue weighted by atomic mass is 16.4. The average Bonchev–Trinajstić information content (AvgIpc) is 2.30. The number of nitrogens with one attached hydrogen (secondary N) is 1. The van der Waals surface area contributed by atoms with Crippen LogP contribution >= 0.6 is 0 Å². The fourth-order valence-corrected chi connectivity index (χ4v) is 1.78. The summed E-state index contributed by atoms with van der Waals surface area (Å²) in [5.74, 6) is -2.41. The molecule has 7 nitrogen and oxygen atoms in total. The lowest BCUT2D eigenvalue weighted by molar-refractivity contribution is -0.143. The highest BCUT2D eigenvalue weighted by molar-refractivity contribution is 5.84. The minimum Gasteiger partial charge on any atom is -0.480 e. The number of carbonyl (C=O) groups excluding carboxylic acids is 2. The summed E-state index contributed by atoms with van der Waals surface area (Å²) in [6, 6.07) is -1.17. The third kappa shape index (κ3) is 8.47. The van der Waals surface area contributed by atoms with Crippen LogP contribution in [0, 0.1) is 0 Å². The third-order valence-corrected chi connectivity index (χ3v) is 2.92. The number of aliphatic hydroxyl groups is 1. The third-order valence-electron chi connectivity index (χ3n) is 2.92. The lowest BCUT2D eigenvalue weighted by Gasteiger charge is -2.23. The van der Waals surface area contributed by atoms with Gasteiger partial charge in [0.1, 0.15) is 6.04 Å². The Labute approximate surface area is 118 Å². The zero-order chi connectivity index (χ0) is 15.8. The van der Waals surface area contributed by atoms with Crippen LogP contribution in [0.15, 0.2) is 0 Å². The first kappa shape index (κ1) is 18.4. The summed E-state index contributed by atoms with van der Waals surface area (Å²) in [4.78, 5) is 33.3. The summed E-state index contributed by atoms with van der Waals surface area (Å²) >= 11 is 0. The Morgan fingerprint density at radius 2 is 1.95 bits per heavy atom. The highest BCUT2D eigenvalue weighted by Crippen LogP contribution is 2.17. The second-order valence-corrected chi connectivity index (χ2v) is 5.24. The Hall–Kier alpha value is -1.63. The van der Waals surface area contributed by atoms with Crippen molar-refractivity contribution in [3.05, 3.63) is 0 Å². The molecule has 2 unspecified atom stereocenters. The summed E-state index contributed by atoms with van der Waals surface area (Å²) in [7, 11) is 0. The maximum absolute atomic E-state index is 11.7. The Kier molecular flexibility index (Phi) is 7.83. The maximum Gasteiger partial charge on any atom is 0.326 e. The summed E-state index contributed by atoms with van der Waals surface area (Å²) in [6.45, 7) is 3.52. The van der Waals surface area contributed by atoms with Crippen molar-refractivity contribution in [1.82, 2.24) is 5.32 Å². The molecule has 0 saturated heterocycles. The second kappa shape index (κ2) is 8.52. The monoisotopic (exact) mass is 288 g/mol. The van der Waals surface area contributed by atoms with Crippen LogP contribution in [0.3, 0.4) is 0 Å². The standard InChI is InChI=1S/C13H24N2O5/c1-3-4-7-13(2,20)8-11(17)15-9(12(18)19)5-6-10(14)16/h9,20H,3-8H2,1-2H3,(H2,14,16)(H,15,17)(H,18,19). The first-order valence-corrected chi connectivity index (χ1v) is 6.71. The number of unbranched alkanes of at least 4 members (excludes halogenated alkanes) is 1. The Morgan fingerprint density at radius 3 is 2.40 bits per heavy atom.